The van der Waals surface area contributed by atoms with Gasteiger partial charge in [0.1, 0.15) is 5.78 Å². The minimum absolute atomic E-state index is 0.125. The molecule has 1 amide bonds. The molecule has 0 unspecified atom stereocenters. The average molecular weight is 255 g/mol. The summed E-state index contributed by atoms with van der Waals surface area (Å²) in [6.07, 6.45) is 3.01. The lowest BCUT2D eigenvalue weighted by Crippen LogP contribution is -2.41. The third-order valence-corrected chi connectivity index (χ3v) is 3.53. The predicted octanol–water partition coefficient (Wildman–Crippen LogP) is 2.02. The van der Waals surface area contributed by atoms with Crippen LogP contribution in [0.4, 0.5) is 0 Å². The van der Waals surface area contributed by atoms with E-state index in [1.165, 1.54) is 0 Å². The quantitative estimate of drug-likeness (QED) is 0.682. The Labute approximate surface area is 110 Å². The summed E-state index contributed by atoms with van der Waals surface area (Å²) in [5, 5.41) is 0. The number of piperidine rings is 1. The van der Waals surface area contributed by atoms with Crippen LogP contribution in [0.3, 0.4) is 0 Å². The maximum absolute atomic E-state index is 11.9. The van der Waals surface area contributed by atoms with Crippen molar-refractivity contribution in [1.29, 1.82) is 0 Å². The third-order valence-electron chi connectivity index (χ3n) is 3.53. The number of hydrogen-bond donors (Lipinski definition) is 0. The van der Waals surface area contributed by atoms with E-state index in [1.807, 2.05) is 4.90 Å². The summed E-state index contributed by atoms with van der Waals surface area (Å²) in [6, 6.07) is 0. The topological polar surface area (TPSA) is 46.6 Å². The first-order valence-corrected chi connectivity index (χ1v) is 6.76. The summed E-state index contributed by atoms with van der Waals surface area (Å²) >= 11 is 0. The van der Waals surface area contributed by atoms with Crippen LogP contribution in [0.25, 0.3) is 0 Å². The van der Waals surface area contributed by atoms with Crippen molar-refractivity contribution in [2.75, 3.05) is 26.3 Å². The number of rotatable bonds is 6. The van der Waals surface area contributed by atoms with Crippen LogP contribution in [-0.4, -0.2) is 42.9 Å². The highest BCUT2D eigenvalue weighted by atomic mass is 16.5. The lowest BCUT2D eigenvalue weighted by Gasteiger charge is -2.37. The first kappa shape index (κ1) is 15.2. The monoisotopic (exact) mass is 255 g/mol. The molecule has 1 fully saturated rings. The highest BCUT2D eigenvalue weighted by Gasteiger charge is 2.27. The van der Waals surface area contributed by atoms with Crippen LogP contribution >= 0.6 is 0 Å². The van der Waals surface area contributed by atoms with Crippen molar-refractivity contribution < 1.29 is 14.3 Å². The molecular formula is C14H25NO3. The number of ether oxygens (including phenoxy) is 1. The maximum atomic E-state index is 11.9. The molecule has 0 bridgehead atoms. The molecule has 1 aliphatic rings. The Bertz CT molecular complexity index is 289. The molecular weight excluding hydrogens is 230 g/mol. The summed E-state index contributed by atoms with van der Waals surface area (Å²) in [7, 11) is 0. The van der Waals surface area contributed by atoms with Gasteiger partial charge in [-0.15, -0.1) is 0 Å². The number of ketones is 1. The molecule has 1 aliphatic heterocycles. The maximum Gasteiger partial charge on any atom is 0.224 e. The molecule has 0 spiro atoms. The zero-order valence-corrected chi connectivity index (χ0v) is 11.8. The van der Waals surface area contributed by atoms with Crippen molar-refractivity contribution in [3.63, 3.8) is 0 Å². The van der Waals surface area contributed by atoms with E-state index in [0.29, 0.717) is 31.5 Å². The lowest BCUT2D eigenvalue weighted by atomic mass is 9.82. The second kappa shape index (κ2) is 6.88. The largest absolute Gasteiger partial charge is 0.380 e. The van der Waals surface area contributed by atoms with Crippen LogP contribution in [0.15, 0.2) is 0 Å². The fraction of sp³-hybridized carbons (Fsp3) is 0.857. The third kappa shape index (κ3) is 5.63. The van der Waals surface area contributed by atoms with E-state index in [0.717, 1.165) is 25.9 Å². The van der Waals surface area contributed by atoms with Crippen LogP contribution in [0.2, 0.25) is 0 Å². The summed E-state index contributed by atoms with van der Waals surface area (Å²) < 4.78 is 5.28. The second-order valence-electron chi connectivity index (χ2n) is 5.86. The summed E-state index contributed by atoms with van der Waals surface area (Å²) in [4.78, 5) is 24.5. The summed E-state index contributed by atoms with van der Waals surface area (Å²) in [5.41, 5.74) is 0.370. The van der Waals surface area contributed by atoms with Crippen LogP contribution in [-0.2, 0) is 14.3 Å². The second-order valence-corrected chi connectivity index (χ2v) is 5.86. The molecule has 1 saturated heterocycles. The van der Waals surface area contributed by atoms with Crippen LogP contribution in [0, 0.1) is 5.41 Å². The van der Waals surface area contributed by atoms with Gasteiger partial charge >= 0.3 is 0 Å². The number of carbonyl (C=O) groups is 2. The average Bonchev–Trinajstić information content (AvgIpc) is 2.27. The van der Waals surface area contributed by atoms with E-state index < -0.39 is 0 Å². The van der Waals surface area contributed by atoms with Crippen molar-refractivity contribution in [3.05, 3.63) is 0 Å². The van der Waals surface area contributed by atoms with Crippen molar-refractivity contribution >= 4 is 11.7 Å². The van der Waals surface area contributed by atoms with Crippen LogP contribution in [0.5, 0.6) is 0 Å². The number of Topliss-reactive ketones (excluding diaryl/α,β-unsaturated/α-hetero) is 1. The standard InChI is InChI=1S/C14H25NO3/c1-12(16)4-10-18-11-5-13(17)15-8-6-14(2,3)7-9-15/h4-11H2,1-3H3. The van der Waals surface area contributed by atoms with Crippen LogP contribution < -0.4 is 0 Å². The molecule has 104 valence electrons. The Hall–Kier alpha value is -0.900. The van der Waals surface area contributed by atoms with Gasteiger partial charge in [0.25, 0.3) is 0 Å². The minimum atomic E-state index is 0.125. The van der Waals surface area contributed by atoms with Gasteiger partial charge in [0, 0.05) is 19.5 Å². The first-order valence-electron chi connectivity index (χ1n) is 6.76. The van der Waals surface area contributed by atoms with Gasteiger partial charge in [0.05, 0.1) is 19.6 Å². The normalized spacial score (nSPS) is 18.7. The molecule has 1 heterocycles. The Morgan fingerprint density at radius 1 is 1.11 bits per heavy atom. The van der Waals surface area contributed by atoms with Gasteiger partial charge in [0.2, 0.25) is 5.91 Å². The van der Waals surface area contributed by atoms with Gasteiger partial charge in [0.15, 0.2) is 0 Å². The van der Waals surface area contributed by atoms with E-state index in [1.54, 1.807) is 6.92 Å². The zero-order valence-electron chi connectivity index (χ0n) is 11.8. The van der Waals surface area contributed by atoms with Gasteiger partial charge in [-0.1, -0.05) is 13.8 Å². The van der Waals surface area contributed by atoms with E-state index >= 15 is 0 Å². The van der Waals surface area contributed by atoms with E-state index in [9.17, 15) is 9.59 Å². The number of hydrogen-bond acceptors (Lipinski definition) is 3. The number of amides is 1. The summed E-state index contributed by atoms with van der Waals surface area (Å²) in [6.45, 7) is 8.61. The number of carbonyl (C=O) groups excluding carboxylic acids is 2. The van der Waals surface area contributed by atoms with Gasteiger partial charge in [-0.3, -0.25) is 9.59 Å². The van der Waals surface area contributed by atoms with Gasteiger partial charge < -0.3 is 9.64 Å². The molecule has 0 atom stereocenters. The fourth-order valence-electron chi connectivity index (χ4n) is 2.00. The molecule has 0 saturated carbocycles. The smallest absolute Gasteiger partial charge is 0.224 e. The van der Waals surface area contributed by atoms with Crippen molar-refractivity contribution in [2.45, 2.75) is 46.5 Å². The molecule has 0 radical (unpaired) electrons. The van der Waals surface area contributed by atoms with E-state index in [4.69, 9.17) is 4.74 Å². The Kier molecular flexibility index (Phi) is 5.79. The van der Waals surface area contributed by atoms with Gasteiger partial charge in [-0.2, -0.15) is 0 Å². The molecule has 18 heavy (non-hydrogen) atoms. The van der Waals surface area contributed by atoms with E-state index in [-0.39, 0.29) is 11.7 Å². The molecule has 0 N–H and O–H groups in total. The first-order chi connectivity index (χ1) is 8.41. The molecule has 0 aromatic heterocycles. The summed E-state index contributed by atoms with van der Waals surface area (Å²) in [5.74, 6) is 0.299. The number of likely N-dealkylation sites (tertiary alicyclic amines) is 1. The van der Waals surface area contributed by atoms with Crippen molar-refractivity contribution in [1.82, 2.24) is 4.90 Å². The highest BCUT2D eigenvalue weighted by molar-refractivity contribution is 5.76. The Morgan fingerprint density at radius 2 is 1.67 bits per heavy atom. The van der Waals surface area contributed by atoms with Gasteiger partial charge in [-0.05, 0) is 25.2 Å². The lowest BCUT2D eigenvalue weighted by molar-refractivity contribution is -0.134. The predicted molar refractivity (Wildman–Crippen MR) is 70.3 cm³/mol. The molecule has 1 rings (SSSR count). The van der Waals surface area contributed by atoms with Crippen molar-refractivity contribution in [2.24, 2.45) is 5.41 Å². The molecule has 0 aromatic rings. The molecule has 0 aliphatic carbocycles. The number of nitrogens with zero attached hydrogens (tertiary/aromatic N) is 1. The Balaban J connectivity index is 2.12. The fourth-order valence-corrected chi connectivity index (χ4v) is 2.00. The molecule has 0 aromatic carbocycles. The highest BCUT2D eigenvalue weighted by Crippen LogP contribution is 2.29. The molecule has 4 nitrogen and oxygen atoms in total. The van der Waals surface area contributed by atoms with E-state index in [2.05, 4.69) is 13.8 Å². The zero-order chi connectivity index (χ0) is 13.6. The SMILES string of the molecule is CC(=O)CCOCCC(=O)N1CCC(C)(C)CC1. The molecule has 4 heteroatoms. The van der Waals surface area contributed by atoms with Gasteiger partial charge in [-0.25, -0.2) is 0 Å². The van der Waals surface area contributed by atoms with Crippen LogP contribution in [0.1, 0.15) is 46.5 Å². The van der Waals surface area contributed by atoms with Crippen molar-refractivity contribution in [3.8, 4) is 0 Å². The minimum Gasteiger partial charge on any atom is -0.380 e. The Morgan fingerprint density at radius 3 is 2.22 bits per heavy atom.